The molecule has 1 aromatic carbocycles. The van der Waals surface area contributed by atoms with Crippen LogP contribution in [0.25, 0.3) is 5.57 Å². The average Bonchev–Trinajstić information content (AvgIpc) is 3.36. The topological polar surface area (TPSA) is 87.7 Å². The molecule has 8 nitrogen and oxygen atoms in total. The highest BCUT2D eigenvalue weighted by Crippen LogP contribution is 2.42. The van der Waals surface area contributed by atoms with E-state index in [1.165, 1.54) is 30.2 Å². The van der Waals surface area contributed by atoms with Gasteiger partial charge in [0, 0.05) is 36.1 Å². The van der Waals surface area contributed by atoms with Gasteiger partial charge in [0.15, 0.2) is 0 Å². The number of hydrogen-bond donors (Lipinski definition) is 1. The summed E-state index contributed by atoms with van der Waals surface area (Å²) in [7, 11) is 1.52. The van der Waals surface area contributed by atoms with E-state index in [4.69, 9.17) is 4.74 Å². The number of fused-ring (bicyclic) bond motifs is 3. The van der Waals surface area contributed by atoms with E-state index < -0.39 is 0 Å². The SMILES string of the molecule is COc1ncc(C2=C[C@H]3C[C@@H]2CN3C(=O)CN2Cc3cc(F)ccc3NC2=O)cn1. The van der Waals surface area contributed by atoms with Gasteiger partial charge < -0.3 is 19.9 Å². The predicted octanol–water partition coefficient (Wildman–Crippen LogP) is 2.29. The maximum Gasteiger partial charge on any atom is 0.322 e. The largest absolute Gasteiger partial charge is 0.467 e. The zero-order valence-electron chi connectivity index (χ0n) is 16.3. The van der Waals surface area contributed by atoms with Gasteiger partial charge in [0.05, 0.1) is 19.7 Å². The van der Waals surface area contributed by atoms with Crippen molar-refractivity contribution in [1.29, 1.82) is 0 Å². The van der Waals surface area contributed by atoms with Crippen molar-refractivity contribution >= 4 is 23.2 Å². The molecule has 0 spiro atoms. The molecular weight excluding hydrogens is 389 g/mol. The van der Waals surface area contributed by atoms with Crippen molar-refractivity contribution in [3.05, 3.63) is 53.6 Å². The van der Waals surface area contributed by atoms with Gasteiger partial charge in [0.1, 0.15) is 12.4 Å². The molecule has 3 heterocycles. The number of carbonyl (C=O) groups is 2. The Morgan fingerprint density at radius 1 is 1.33 bits per heavy atom. The van der Waals surface area contributed by atoms with Crippen LogP contribution in [0.2, 0.25) is 0 Å². The van der Waals surface area contributed by atoms with E-state index in [1.807, 2.05) is 4.90 Å². The molecule has 3 aliphatic rings. The van der Waals surface area contributed by atoms with Crippen molar-refractivity contribution in [3.8, 4) is 6.01 Å². The highest BCUT2D eigenvalue weighted by Gasteiger charge is 2.42. The Labute approximate surface area is 172 Å². The van der Waals surface area contributed by atoms with Gasteiger partial charge in [-0.15, -0.1) is 0 Å². The van der Waals surface area contributed by atoms with E-state index in [9.17, 15) is 14.0 Å². The molecule has 1 N–H and O–H groups in total. The first-order valence-electron chi connectivity index (χ1n) is 9.74. The average molecular weight is 409 g/mol. The molecule has 2 aliphatic heterocycles. The zero-order chi connectivity index (χ0) is 20.8. The molecule has 1 fully saturated rings. The summed E-state index contributed by atoms with van der Waals surface area (Å²) in [6, 6.07) is 4.20. The number of nitrogens with one attached hydrogen (secondary N) is 1. The first-order valence-corrected chi connectivity index (χ1v) is 9.74. The Morgan fingerprint density at radius 3 is 2.83 bits per heavy atom. The van der Waals surface area contributed by atoms with Crippen LogP contribution in [0.4, 0.5) is 14.9 Å². The van der Waals surface area contributed by atoms with Crippen LogP contribution in [0.3, 0.4) is 0 Å². The number of benzene rings is 1. The lowest BCUT2D eigenvalue weighted by Gasteiger charge is -2.32. The summed E-state index contributed by atoms with van der Waals surface area (Å²) >= 11 is 0. The van der Waals surface area contributed by atoms with Crippen molar-refractivity contribution < 1.29 is 18.7 Å². The molecule has 1 aromatic heterocycles. The third-order valence-electron chi connectivity index (χ3n) is 5.90. The van der Waals surface area contributed by atoms with Gasteiger partial charge in [-0.2, -0.15) is 0 Å². The number of likely N-dealkylation sites (tertiary alicyclic amines) is 1. The zero-order valence-corrected chi connectivity index (χ0v) is 16.3. The van der Waals surface area contributed by atoms with Crippen molar-refractivity contribution in [1.82, 2.24) is 19.8 Å². The summed E-state index contributed by atoms with van der Waals surface area (Å²) in [5.41, 5.74) is 3.32. The van der Waals surface area contributed by atoms with E-state index in [-0.39, 0.29) is 42.8 Å². The molecule has 2 atom stereocenters. The number of halogens is 1. The van der Waals surface area contributed by atoms with Crippen molar-refractivity contribution in [3.63, 3.8) is 0 Å². The van der Waals surface area contributed by atoms with Gasteiger partial charge in [-0.1, -0.05) is 6.08 Å². The fourth-order valence-corrected chi connectivity index (χ4v) is 4.45. The molecule has 2 bridgehead atoms. The number of urea groups is 1. The number of hydrogen-bond acceptors (Lipinski definition) is 5. The minimum atomic E-state index is -0.367. The summed E-state index contributed by atoms with van der Waals surface area (Å²) in [5.74, 6) is -0.257. The van der Waals surface area contributed by atoms with Crippen molar-refractivity contribution in [2.75, 3.05) is 25.5 Å². The molecule has 5 rings (SSSR count). The Hall–Kier alpha value is -3.49. The van der Waals surface area contributed by atoms with Crippen LogP contribution in [0, 0.1) is 11.7 Å². The molecule has 2 aromatic rings. The maximum atomic E-state index is 13.5. The molecule has 3 amide bonds. The molecular formula is C21H20FN5O3. The number of rotatable bonds is 4. The minimum absolute atomic E-state index is 0.00261. The van der Waals surface area contributed by atoms with E-state index in [0.29, 0.717) is 23.8 Å². The maximum absolute atomic E-state index is 13.5. The molecule has 0 saturated carbocycles. The second-order valence-corrected chi connectivity index (χ2v) is 7.71. The summed E-state index contributed by atoms with van der Waals surface area (Å²) in [5, 5.41) is 2.72. The lowest BCUT2D eigenvalue weighted by Crippen LogP contribution is -2.47. The molecule has 1 saturated heterocycles. The van der Waals surface area contributed by atoms with E-state index in [0.717, 1.165) is 17.6 Å². The van der Waals surface area contributed by atoms with Crippen LogP contribution in [-0.2, 0) is 11.3 Å². The predicted molar refractivity (Wildman–Crippen MR) is 106 cm³/mol. The van der Waals surface area contributed by atoms with Gasteiger partial charge >= 0.3 is 12.0 Å². The fourth-order valence-electron chi connectivity index (χ4n) is 4.45. The van der Waals surface area contributed by atoms with Crippen LogP contribution in [0.15, 0.2) is 36.7 Å². The van der Waals surface area contributed by atoms with Gasteiger partial charge in [0.25, 0.3) is 0 Å². The van der Waals surface area contributed by atoms with Crippen LogP contribution in [0.5, 0.6) is 6.01 Å². The smallest absolute Gasteiger partial charge is 0.322 e. The van der Waals surface area contributed by atoms with Gasteiger partial charge in [-0.05, 0) is 35.8 Å². The molecule has 9 heteroatoms. The van der Waals surface area contributed by atoms with Crippen LogP contribution >= 0.6 is 0 Å². The normalized spacial score (nSPS) is 21.9. The number of aromatic nitrogens is 2. The fraction of sp³-hybridized carbons (Fsp3) is 0.333. The van der Waals surface area contributed by atoms with Gasteiger partial charge in [-0.25, -0.2) is 19.2 Å². The summed E-state index contributed by atoms with van der Waals surface area (Å²) in [6.45, 7) is 0.763. The van der Waals surface area contributed by atoms with Crippen LogP contribution < -0.4 is 10.1 Å². The monoisotopic (exact) mass is 409 g/mol. The minimum Gasteiger partial charge on any atom is -0.467 e. The standard InChI is InChI=1S/C21H20FN5O3/c1-30-20-23-7-14(8-24-20)17-6-16-5-12(17)10-27(16)19(28)11-26-9-13-4-15(22)2-3-18(13)25-21(26)29/h2-4,6-8,12,16H,5,9-11H2,1H3,(H,25,29)/t12-,16-/m1/s1. The van der Waals surface area contributed by atoms with Crippen LogP contribution in [-0.4, -0.2) is 57.9 Å². The summed E-state index contributed by atoms with van der Waals surface area (Å²) < 4.78 is 18.5. The van der Waals surface area contributed by atoms with Gasteiger partial charge in [0.2, 0.25) is 5.91 Å². The quantitative estimate of drug-likeness (QED) is 0.837. The summed E-state index contributed by atoms with van der Waals surface area (Å²) in [6.07, 6.45) is 6.41. The van der Waals surface area contributed by atoms with E-state index in [1.54, 1.807) is 12.4 Å². The second kappa shape index (κ2) is 7.08. The molecule has 154 valence electrons. The number of anilines is 1. The molecule has 1 aliphatic carbocycles. The Kier molecular flexibility index (Phi) is 4.38. The molecule has 0 radical (unpaired) electrons. The van der Waals surface area contributed by atoms with Gasteiger partial charge in [-0.3, -0.25) is 4.79 Å². The first-order chi connectivity index (χ1) is 14.5. The number of amides is 3. The van der Waals surface area contributed by atoms with Crippen molar-refractivity contribution in [2.45, 2.75) is 19.0 Å². The lowest BCUT2D eigenvalue weighted by molar-refractivity contribution is -0.132. The Balaban J connectivity index is 1.27. The number of methoxy groups -OCH3 is 1. The highest BCUT2D eigenvalue weighted by atomic mass is 19.1. The molecule has 0 unspecified atom stereocenters. The Bertz CT molecular complexity index is 1060. The number of ether oxygens (including phenoxy) is 1. The Morgan fingerprint density at radius 2 is 2.13 bits per heavy atom. The highest BCUT2D eigenvalue weighted by molar-refractivity contribution is 5.95. The third-order valence-corrected chi connectivity index (χ3v) is 5.90. The van der Waals surface area contributed by atoms with E-state index in [2.05, 4.69) is 21.4 Å². The van der Waals surface area contributed by atoms with Crippen LogP contribution in [0.1, 0.15) is 17.5 Å². The lowest BCUT2D eigenvalue weighted by atomic mass is 9.97. The molecule has 30 heavy (non-hydrogen) atoms. The second-order valence-electron chi connectivity index (χ2n) is 7.71. The number of carbonyl (C=O) groups excluding carboxylic acids is 2. The third kappa shape index (κ3) is 3.16. The summed E-state index contributed by atoms with van der Waals surface area (Å²) in [4.78, 5) is 36.8. The first kappa shape index (κ1) is 18.5. The van der Waals surface area contributed by atoms with E-state index >= 15 is 0 Å². The van der Waals surface area contributed by atoms with Crippen molar-refractivity contribution in [2.24, 2.45) is 5.92 Å². The number of nitrogens with zero attached hydrogens (tertiary/aromatic N) is 4.